The number of likely N-dealkylation sites (tertiary alicyclic amines) is 1. The number of carbonyl (C=O) groups is 3. The maximum Gasteiger partial charge on any atom is 0.251 e. The molecule has 3 aliphatic heterocycles. The summed E-state index contributed by atoms with van der Waals surface area (Å²) in [6.45, 7) is 15.2. The first kappa shape index (κ1) is 31.1. The Labute approximate surface area is 259 Å². The second-order valence-corrected chi connectivity index (χ2v) is 14.3. The van der Waals surface area contributed by atoms with Crippen LogP contribution in [0.2, 0.25) is 0 Å². The molecule has 5 atom stereocenters. The molecule has 8 heteroatoms. The standard InChI is InChI=1S/C35H43N3O4S/c1-6-18-36(23-26-12-9-8-10-13-26)31(40)28-29-32(41)38(20-11-21-39)30(35(29)17-16-34(28,5)43-35)33(42)37(19-7-2)27-22-24(3)14-15-25(27)4/h6-10,12-15,22,28-30,39H,1-2,11,16-21,23H2,3-5H3/t28-,29-,30?,34+,35?/m0/s1. The van der Waals surface area contributed by atoms with Gasteiger partial charge < -0.3 is 19.8 Å². The van der Waals surface area contributed by atoms with Crippen molar-refractivity contribution in [3.05, 3.63) is 90.5 Å². The lowest BCUT2D eigenvalue weighted by Gasteiger charge is -2.38. The van der Waals surface area contributed by atoms with Crippen LogP contribution in [0.4, 0.5) is 5.69 Å². The van der Waals surface area contributed by atoms with Gasteiger partial charge in [-0.05, 0) is 62.8 Å². The molecule has 0 saturated carbocycles. The first-order chi connectivity index (χ1) is 20.6. The van der Waals surface area contributed by atoms with E-state index in [9.17, 15) is 19.5 Å². The van der Waals surface area contributed by atoms with Gasteiger partial charge in [-0.15, -0.1) is 24.9 Å². The van der Waals surface area contributed by atoms with Crippen molar-refractivity contribution in [3.8, 4) is 0 Å². The van der Waals surface area contributed by atoms with Gasteiger partial charge >= 0.3 is 0 Å². The monoisotopic (exact) mass is 601 g/mol. The SMILES string of the molecule is C=CCN(Cc1ccccc1)C(=O)[C@@H]1[C@H]2C(=O)N(CCCO)C(C(=O)N(CC=C)c3cc(C)ccc3C)C23CC[C@@]1(C)S3. The van der Waals surface area contributed by atoms with Crippen LogP contribution in [0, 0.1) is 25.7 Å². The van der Waals surface area contributed by atoms with Gasteiger partial charge in [0.2, 0.25) is 11.8 Å². The van der Waals surface area contributed by atoms with E-state index < -0.39 is 27.4 Å². The Morgan fingerprint density at radius 2 is 1.79 bits per heavy atom. The first-order valence-electron chi connectivity index (χ1n) is 15.2. The topological polar surface area (TPSA) is 81.2 Å². The molecule has 1 spiro atoms. The van der Waals surface area contributed by atoms with Crippen LogP contribution in [0.3, 0.4) is 0 Å². The highest BCUT2D eigenvalue weighted by molar-refractivity contribution is 8.02. The molecule has 0 aromatic heterocycles. The first-order valence-corrected chi connectivity index (χ1v) is 16.0. The second-order valence-electron chi connectivity index (χ2n) is 12.4. The van der Waals surface area contributed by atoms with Crippen molar-refractivity contribution < 1.29 is 19.5 Å². The van der Waals surface area contributed by atoms with E-state index in [1.54, 1.807) is 38.6 Å². The van der Waals surface area contributed by atoms with Gasteiger partial charge in [-0.2, -0.15) is 0 Å². The number of aliphatic hydroxyl groups excluding tert-OH is 1. The second kappa shape index (κ2) is 12.3. The zero-order valence-corrected chi connectivity index (χ0v) is 26.3. The van der Waals surface area contributed by atoms with E-state index >= 15 is 0 Å². The number of thioether (sulfide) groups is 1. The van der Waals surface area contributed by atoms with Crippen LogP contribution in [-0.2, 0) is 20.9 Å². The molecule has 228 valence electrons. The summed E-state index contributed by atoms with van der Waals surface area (Å²) >= 11 is 1.67. The molecule has 2 aromatic carbocycles. The lowest BCUT2D eigenvalue weighted by Crippen LogP contribution is -2.55. The van der Waals surface area contributed by atoms with Crippen molar-refractivity contribution in [2.75, 3.05) is 31.1 Å². The highest BCUT2D eigenvalue weighted by atomic mass is 32.2. The summed E-state index contributed by atoms with van der Waals surface area (Å²) in [6.07, 6.45) is 5.23. The summed E-state index contributed by atoms with van der Waals surface area (Å²) in [7, 11) is 0. The maximum absolute atomic E-state index is 14.8. The van der Waals surface area contributed by atoms with E-state index in [0.717, 1.165) is 28.8 Å². The normalized spacial score (nSPS) is 27.2. The molecule has 3 amide bonds. The van der Waals surface area contributed by atoms with E-state index in [1.807, 2.05) is 62.4 Å². The average Bonchev–Trinajstić information content (AvgIpc) is 3.56. The average molecular weight is 602 g/mol. The highest BCUT2D eigenvalue weighted by Crippen LogP contribution is 2.71. The number of amides is 3. The third-order valence-electron chi connectivity index (χ3n) is 9.44. The van der Waals surface area contributed by atoms with Crippen molar-refractivity contribution in [1.29, 1.82) is 0 Å². The number of aliphatic hydroxyl groups is 1. The van der Waals surface area contributed by atoms with E-state index in [2.05, 4.69) is 20.1 Å². The molecule has 0 aliphatic carbocycles. The number of hydrogen-bond acceptors (Lipinski definition) is 5. The molecule has 43 heavy (non-hydrogen) atoms. The smallest absolute Gasteiger partial charge is 0.251 e. The van der Waals surface area contributed by atoms with Crippen molar-refractivity contribution in [2.45, 2.75) is 62.1 Å². The van der Waals surface area contributed by atoms with E-state index in [0.29, 0.717) is 32.5 Å². The zero-order valence-electron chi connectivity index (χ0n) is 25.5. The Bertz CT molecular complexity index is 1410. The maximum atomic E-state index is 14.8. The molecule has 2 aromatic rings. The Balaban J connectivity index is 1.57. The summed E-state index contributed by atoms with van der Waals surface area (Å²) < 4.78 is -1.21. The minimum atomic E-state index is -0.747. The third kappa shape index (κ3) is 5.33. The van der Waals surface area contributed by atoms with Crippen LogP contribution in [0.25, 0.3) is 0 Å². The molecule has 0 radical (unpaired) electrons. The number of nitrogens with zero attached hydrogens (tertiary/aromatic N) is 3. The minimum absolute atomic E-state index is 0.0636. The Hall–Kier alpha value is -3.36. The van der Waals surface area contributed by atoms with Gasteiger partial charge in [-0.3, -0.25) is 14.4 Å². The molecule has 1 N–H and O–H groups in total. The summed E-state index contributed by atoms with van der Waals surface area (Å²) in [5, 5.41) is 9.74. The Morgan fingerprint density at radius 1 is 1.07 bits per heavy atom. The van der Waals surface area contributed by atoms with Crippen LogP contribution >= 0.6 is 11.8 Å². The molecule has 3 fully saturated rings. The fourth-order valence-electron chi connectivity index (χ4n) is 7.55. The Kier molecular flexibility index (Phi) is 8.91. The number of benzene rings is 2. The van der Waals surface area contributed by atoms with Crippen LogP contribution in [0.5, 0.6) is 0 Å². The Morgan fingerprint density at radius 3 is 2.47 bits per heavy atom. The summed E-state index contributed by atoms with van der Waals surface area (Å²) in [4.78, 5) is 49.0. The van der Waals surface area contributed by atoms with E-state index in [-0.39, 0.29) is 30.9 Å². The molecule has 2 unspecified atom stereocenters. The van der Waals surface area contributed by atoms with Crippen molar-refractivity contribution in [2.24, 2.45) is 11.8 Å². The van der Waals surface area contributed by atoms with Gasteiger partial charge in [0.1, 0.15) is 6.04 Å². The van der Waals surface area contributed by atoms with Gasteiger partial charge in [-0.1, -0.05) is 54.6 Å². The van der Waals surface area contributed by atoms with Crippen molar-refractivity contribution >= 4 is 35.2 Å². The minimum Gasteiger partial charge on any atom is -0.396 e. The summed E-state index contributed by atoms with van der Waals surface area (Å²) in [5.74, 6) is -1.56. The van der Waals surface area contributed by atoms with E-state index in [1.165, 1.54) is 0 Å². The van der Waals surface area contributed by atoms with Crippen LogP contribution < -0.4 is 4.90 Å². The van der Waals surface area contributed by atoms with Crippen LogP contribution in [-0.4, -0.2) is 74.4 Å². The van der Waals surface area contributed by atoms with Crippen LogP contribution in [0.15, 0.2) is 73.8 Å². The third-order valence-corrected chi connectivity index (χ3v) is 11.4. The number of rotatable bonds is 12. The highest BCUT2D eigenvalue weighted by Gasteiger charge is 2.77. The number of aryl methyl sites for hydroxylation is 2. The fourth-order valence-corrected chi connectivity index (χ4v) is 9.89. The lowest BCUT2D eigenvalue weighted by molar-refractivity contribution is -0.145. The molecule has 2 bridgehead atoms. The molecule has 3 saturated heterocycles. The summed E-state index contributed by atoms with van der Waals surface area (Å²) in [5.41, 5.74) is 3.81. The quantitative estimate of drug-likeness (QED) is 0.350. The number of carbonyl (C=O) groups excluding carboxylic acids is 3. The molecular formula is C35H43N3O4S. The number of hydrogen-bond donors (Lipinski definition) is 1. The molecule has 5 rings (SSSR count). The van der Waals surface area contributed by atoms with Gasteiger partial charge in [0.15, 0.2) is 0 Å². The predicted octanol–water partition coefficient (Wildman–Crippen LogP) is 4.90. The van der Waals surface area contributed by atoms with Gasteiger partial charge in [0.25, 0.3) is 5.91 Å². The fraction of sp³-hybridized carbons (Fsp3) is 0.457. The van der Waals surface area contributed by atoms with Crippen LogP contribution in [0.1, 0.15) is 42.9 Å². The zero-order chi connectivity index (χ0) is 30.9. The molecular weight excluding hydrogens is 558 g/mol. The molecule has 3 heterocycles. The van der Waals surface area contributed by atoms with Gasteiger partial charge in [0.05, 0.1) is 16.6 Å². The molecule has 3 aliphatic rings. The number of anilines is 1. The lowest BCUT2D eigenvalue weighted by atomic mass is 9.66. The largest absolute Gasteiger partial charge is 0.396 e. The van der Waals surface area contributed by atoms with Gasteiger partial charge in [-0.25, -0.2) is 0 Å². The van der Waals surface area contributed by atoms with Gasteiger partial charge in [0, 0.05) is 43.2 Å². The predicted molar refractivity (Wildman–Crippen MR) is 173 cm³/mol. The van der Waals surface area contributed by atoms with Crippen molar-refractivity contribution in [1.82, 2.24) is 9.80 Å². The molecule has 7 nitrogen and oxygen atoms in total. The summed E-state index contributed by atoms with van der Waals surface area (Å²) in [6, 6.07) is 15.1. The van der Waals surface area contributed by atoms with E-state index in [4.69, 9.17) is 0 Å². The van der Waals surface area contributed by atoms with Crippen molar-refractivity contribution in [3.63, 3.8) is 0 Å². The number of fused-ring (bicyclic) bond motifs is 1.